The summed E-state index contributed by atoms with van der Waals surface area (Å²) in [6.45, 7) is 18.0. The summed E-state index contributed by atoms with van der Waals surface area (Å²) in [6, 6.07) is 85.5. The van der Waals surface area contributed by atoms with Crippen LogP contribution in [0.2, 0.25) is 5.02 Å². The van der Waals surface area contributed by atoms with Crippen LogP contribution in [-0.2, 0) is 37.5 Å². The Bertz CT molecular complexity index is 7700. The quantitative estimate of drug-likeness (QED) is 0.0305. The number of hydrogen-bond donors (Lipinski definition) is 9. The summed E-state index contributed by atoms with van der Waals surface area (Å²) >= 11 is 6.13. The molecule has 22 nitrogen and oxygen atoms in total. The van der Waals surface area contributed by atoms with E-state index in [9.17, 15) is 0 Å². The van der Waals surface area contributed by atoms with E-state index in [1.807, 2.05) is 197 Å². The second-order valence-electron chi connectivity index (χ2n) is 35.0. The zero-order valence-corrected chi connectivity index (χ0v) is 79.4. The third-order valence-corrected chi connectivity index (χ3v) is 24.0. The highest BCUT2D eigenvalue weighted by Crippen LogP contribution is 2.36. The maximum Gasteiger partial charge on any atom is 0.163 e. The predicted octanol–water partition coefficient (Wildman–Crippen LogP) is 27.4. The fourth-order valence-electron chi connectivity index (χ4n) is 16.1. The number of halogens is 1. The van der Waals surface area contributed by atoms with Crippen LogP contribution in [0.4, 0.5) is 22.7 Å². The number of ether oxygens (including phenoxy) is 5. The van der Waals surface area contributed by atoms with Gasteiger partial charge in [-0.05, 0) is 288 Å². The minimum Gasteiger partial charge on any atom is -0.495 e. The van der Waals surface area contributed by atoms with Gasteiger partial charge in [-0.1, -0.05) is 138 Å². The Kier molecular flexibility index (Phi) is 30.6. The molecule has 0 radical (unpaired) electrons. The molecule has 16 heterocycles. The van der Waals surface area contributed by atoms with E-state index >= 15 is 0 Å². The van der Waals surface area contributed by atoms with Crippen molar-refractivity contribution in [1.82, 2.24) is 74.8 Å². The highest BCUT2D eigenvalue weighted by Gasteiger charge is 2.17. The van der Waals surface area contributed by atoms with E-state index in [-0.39, 0.29) is 5.41 Å². The molecule has 23 heteroatoms. The van der Waals surface area contributed by atoms with E-state index in [0.29, 0.717) is 36.5 Å². The lowest BCUT2D eigenvalue weighted by Gasteiger charge is -2.19. The lowest BCUT2D eigenvalue weighted by atomic mass is 9.86. The maximum atomic E-state index is 6.13. The van der Waals surface area contributed by atoms with Crippen molar-refractivity contribution in [1.29, 1.82) is 0 Å². The van der Waals surface area contributed by atoms with Crippen LogP contribution in [0.1, 0.15) is 134 Å². The molecule has 0 spiro atoms. The molecule has 22 aromatic rings. The Hall–Kier alpha value is -16.3. The molecule has 0 fully saturated rings. The van der Waals surface area contributed by atoms with Gasteiger partial charge in [-0.25, -0.2) is 34.9 Å². The molecular weight excluding hydrogens is 1730 g/mol. The number of H-pyrrole nitrogens is 7. The van der Waals surface area contributed by atoms with Crippen LogP contribution >= 0.6 is 11.6 Å². The molecule has 0 saturated heterocycles. The molecule has 0 saturated carbocycles. The molecule has 138 heavy (non-hydrogen) atoms. The van der Waals surface area contributed by atoms with Gasteiger partial charge in [-0.15, -0.1) is 0 Å². The molecule has 1 unspecified atom stereocenters. The highest BCUT2D eigenvalue weighted by atomic mass is 35.5. The van der Waals surface area contributed by atoms with Crippen LogP contribution in [0.5, 0.6) is 28.7 Å². The smallest absolute Gasteiger partial charge is 0.163 e. The third-order valence-electron chi connectivity index (χ3n) is 23.7. The van der Waals surface area contributed by atoms with Gasteiger partial charge in [0.1, 0.15) is 70.0 Å². The lowest BCUT2D eigenvalue weighted by Crippen LogP contribution is -2.15. The van der Waals surface area contributed by atoms with Crippen molar-refractivity contribution in [3.05, 3.63) is 413 Å². The van der Waals surface area contributed by atoms with Crippen molar-refractivity contribution in [2.75, 3.05) is 44.2 Å². The van der Waals surface area contributed by atoms with Crippen LogP contribution < -0.4 is 34.3 Å². The van der Waals surface area contributed by atoms with Crippen molar-refractivity contribution in [3.8, 4) is 28.7 Å². The van der Waals surface area contributed by atoms with Crippen molar-refractivity contribution in [2.24, 2.45) is 0 Å². The Morgan fingerprint density at radius 3 is 1.13 bits per heavy atom. The molecule has 1 aliphatic rings. The minimum atomic E-state index is 0.212. The normalized spacial score (nSPS) is 11.7. The largest absolute Gasteiger partial charge is 0.495 e. The summed E-state index contributed by atoms with van der Waals surface area (Å²) in [6.07, 6.45) is 35.1. The molecule has 694 valence electrons. The Balaban J connectivity index is 0.000000111. The average Bonchev–Trinajstić information content (AvgIpc) is 1.48. The molecule has 9 N–H and O–H groups in total. The van der Waals surface area contributed by atoms with Crippen molar-refractivity contribution < 1.29 is 23.7 Å². The van der Waals surface area contributed by atoms with Crippen molar-refractivity contribution in [3.63, 3.8) is 0 Å². The van der Waals surface area contributed by atoms with Gasteiger partial charge < -0.3 is 69.2 Å². The van der Waals surface area contributed by atoms with Gasteiger partial charge in [0.2, 0.25) is 0 Å². The predicted molar refractivity (Wildman–Crippen MR) is 561 cm³/mol. The molecule has 0 bridgehead atoms. The first-order valence-corrected chi connectivity index (χ1v) is 47.1. The van der Waals surface area contributed by atoms with E-state index in [4.69, 9.17) is 35.3 Å². The van der Waals surface area contributed by atoms with Gasteiger partial charge in [0.25, 0.3) is 0 Å². The topological polar surface area (TPSA) is 284 Å². The number of benzene rings is 7. The number of rotatable bonds is 22. The molecule has 0 amide bonds. The zero-order chi connectivity index (χ0) is 94.9. The Morgan fingerprint density at radius 2 is 0.725 bits per heavy atom. The van der Waals surface area contributed by atoms with E-state index < -0.39 is 0 Å². The minimum absolute atomic E-state index is 0.212. The van der Waals surface area contributed by atoms with Gasteiger partial charge in [0, 0.05) is 141 Å². The second kappa shape index (κ2) is 45.1. The molecule has 0 aliphatic carbocycles. The summed E-state index contributed by atoms with van der Waals surface area (Å²) < 4.78 is 27.3. The van der Waals surface area contributed by atoms with Gasteiger partial charge in [0.05, 0.1) is 54.6 Å². The van der Waals surface area contributed by atoms with E-state index in [2.05, 4.69) is 266 Å². The number of nitrogens with zero attached hydrogens (tertiary/aromatic N) is 8. The second-order valence-corrected chi connectivity index (χ2v) is 35.4. The van der Waals surface area contributed by atoms with Gasteiger partial charge in [-0.2, -0.15) is 0 Å². The first kappa shape index (κ1) is 93.5. The number of anilines is 4. The summed E-state index contributed by atoms with van der Waals surface area (Å²) in [5, 5.41) is 16.4. The first-order chi connectivity index (χ1) is 67.5. The van der Waals surface area contributed by atoms with E-state index in [1.54, 1.807) is 19.5 Å². The van der Waals surface area contributed by atoms with Crippen LogP contribution in [-0.4, -0.2) is 108 Å². The van der Waals surface area contributed by atoms with E-state index in [0.717, 1.165) is 179 Å². The fraction of sp³-hybridized carbons (Fsp3) is 0.183. The molecule has 15 aromatic heterocycles. The van der Waals surface area contributed by atoms with Gasteiger partial charge >= 0.3 is 0 Å². The van der Waals surface area contributed by atoms with Crippen LogP contribution in [0.25, 0.3) is 88.1 Å². The number of aromatic amines is 7. The zero-order valence-electron chi connectivity index (χ0n) is 78.7. The third kappa shape index (κ3) is 25.2. The lowest BCUT2D eigenvalue weighted by molar-refractivity contribution is 0.171. The summed E-state index contributed by atoms with van der Waals surface area (Å²) in [7, 11) is 1.62. The number of fused-ring (bicyclic) bond motifs is 9. The average molecular weight is 1850 g/mol. The monoisotopic (exact) mass is 1850 g/mol. The molecular formula is C115H112ClN17O5. The van der Waals surface area contributed by atoms with Crippen LogP contribution in [0, 0.1) is 0 Å². The van der Waals surface area contributed by atoms with E-state index in [1.165, 1.54) is 72.8 Å². The SMILES string of the molecule is CC(C)(C)c1ccc(Cc2cnc3[nH]ccc3c2)cc1.CCC(C)c1ccc(Cc2cnc3[nH]ccc3c2)cc1.CCCOc1ccc(Cc2cnc3[nH]ccc3c2)cc1.CCOc1ccc(Cc2cnc3[nH]ccc3c2)cc1.COc1ccc(Cc2cnc3[nH]ccc3c2)cc1Cl.c1cc2cc(Nc3ccc4c(c3)OCCO4)cnc2[nH]1.c1cnc2ccc(Nc3cnc4[nH]ccc4c3)cc2c1. The number of methoxy groups -OCH3 is 1. The van der Waals surface area contributed by atoms with Crippen LogP contribution in [0.15, 0.2) is 342 Å². The van der Waals surface area contributed by atoms with Gasteiger partial charge in [-0.3, -0.25) is 4.98 Å². The molecule has 1 atom stereocenters. The van der Waals surface area contributed by atoms with Crippen molar-refractivity contribution >= 4 is 122 Å². The van der Waals surface area contributed by atoms with Crippen LogP contribution in [0.3, 0.4) is 0 Å². The maximum absolute atomic E-state index is 6.13. The number of nitrogens with one attached hydrogen (secondary N) is 9. The standard InChI is InChI=1S/2C18H20N2.C17H18N2O.C16H12N4.C16H16N2O.C15H13ClN2O.C15H13N3O2/c1-18(2,3)16-6-4-13(5-7-16)10-14-11-15-8-9-19-17(15)20-12-14;1-3-13(2)16-6-4-14(5-7-16)10-15-11-17-8-9-19-18(17)20-12-15;1-2-9-20-16-5-3-13(4-6-16)10-14-11-15-7-8-18-17(15)19-12-14;1-2-11-8-13(3-4-15(11)17-6-1)20-14-9-12-5-7-18-16(12)19-10-14;1-2-19-15-5-3-12(4-6-15)9-13-10-14-7-8-17-16(14)18-11-13;1-19-14-3-2-10(8-13(14)16)6-11-7-12-4-5-17-15(12)18-9-11;1-2-13-14(20-6-5-19-13)8-11(1)18-12-7-10-3-4-16-15(10)17-9-12/h4-9,11-12H,10H2,1-3H3,(H,19,20);4-9,11-13H,3,10H2,1-2H3,(H,19,20);3-8,11-12H,2,9-10H2,1H3,(H,18,19);1-10,20H,(H,18,19);3-8,10-11H,2,9H2,1H3,(H,17,18);2-5,7-9H,6H2,1H3,(H,17,18);1-4,7-9,18H,5-6H2,(H,16,17). The number of hydrogen-bond acceptors (Lipinski definition) is 15. The first-order valence-electron chi connectivity index (χ1n) is 46.7. The Labute approximate surface area is 807 Å². The molecule has 7 aromatic carbocycles. The van der Waals surface area contributed by atoms with Crippen molar-refractivity contribution in [2.45, 2.75) is 105 Å². The number of aromatic nitrogens is 15. The van der Waals surface area contributed by atoms with Gasteiger partial charge in [0.15, 0.2) is 11.5 Å². The number of pyridine rings is 8. The molecule has 1 aliphatic heterocycles. The molecule has 23 rings (SSSR count). The highest BCUT2D eigenvalue weighted by molar-refractivity contribution is 6.32. The fourth-order valence-corrected chi connectivity index (χ4v) is 16.4. The summed E-state index contributed by atoms with van der Waals surface area (Å²) in [5.74, 6) is 4.77. The summed E-state index contributed by atoms with van der Waals surface area (Å²) in [5.41, 5.74) is 26.9. The Morgan fingerprint density at radius 1 is 0.355 bits per heavy atom. The summed E-state index contributed by atoms with van der Waals surface area (Å²) in [4.78, 5) is 56.8.